The summed E-state index contributed by atoms with van der Waals surface area (Å²) in [6.45, 7) is 1.96. The number of nitrogens with two attached hydrogens (primary N) is 1. The van der Waals surface area contributed by atoms with Crippen LogP contribution in [0.4, 0.5) is 5.95 Å². The molecule has 2 heterocycles. The van der Waals surface area contributed by atoms with E-state index in [1.807, 2.05) is 31.2 Å². The van der Waals surface area contributed by atoms with Gasteiger partial charge in [0, 0.05) is 15.7 Å². The van der Waals surface area contributed by atoms with E-state index in [2.05, 4.69) is 25.9 Å². The first-order chi connectivity index (χ1) is 9.06. The van der Waals surface area contributed by atoms with Crippen molar-refractivity contribution >= 4 is 44.6 Å². The molecule has 3 aromatic rings. The van der Waals surface area contributed by atoms with Crippen LogP contribution in [0.2, 0.25) is 5.02 Å². The number of fused-ring (bicyclic) bond motifs is 1. The first-order valence-corrected chi connectivity index (χ1v) is 6.79. The van der Waals surface area contributed by atoms with Gasteiger partial charge in [-0.2, -0.15) is 0 Å². The van der Waals surface area contributed by atoms with E-state index in [1.54, 1.807) is 10.8 Å². The summed E-state index contributed by atoms with van der Waals surface area (Å²) in [5.74, 6) is 0.389. The third kappa shape index (κ3) is 2.09. The minimum atomic E-state index is 0.389. The largest absolute Gasteiger partial charge is 0.369 e. The Bertz CT molecular complexity index is 782. The zero-order valence-electron chi connectivity index (χ0n) is 10.1. The van der Waals surface area contributed by atoms with Crippen molar-refractivity contribution in [3.8, 4) is 5.69 Å². The number of halogens is 2. The topological polar surface area (TPSA) is 56.7 Å². The fraction of sp³-hybridized carbons (Fsp3) is 0.0769. The van der Waals surface area contributed by atoms with E-state index in [1.165, 1.54) is 0 Å². The Kier molecular flexibility index (Phi) is 2.95. The molecule has 0 aliphatic heterocycles. The van der Waals surface area contributed by atoms with Crippen molar-refractivity contribution in [2.24, 2.45) is 0 Å². The fourth-order valence-electron chi connectivity index (χ4n) is 1.93. The Labute approximate surface area is 123 Å². The maximum Gasteiger partial charge on any atom is 0.207 e. The number of hydrogen-bond donors (Lipinski definition) is 1. The van der Waals surface area contributed by atoms with Crippen molar-refractivity contribution in [3.63, 3.8) is 0 Å². The molecule has 0 fully saturated rings. The summed E-state index contributed by atoms with van der Waals surface area (Å²) in [6, 6.07) is 7.63. The highest BCUT2D eigenvalue weighted by Crippen LogP contribution is 2.26. The maximum atomic E-state index is 6.16. The first kappa shape index (κ1) is 12.4. The number of rotatable bonds is 1. The van der Waals surface area contributed by atoms with Gasteiger partial charge >= 0.3 is 0 Å². The van der Waals surface area contributed by atoms with Crippen LogP contribution < -0.4 is 5.73 Å². The molecule has 0 aliphatic carbocycles. The third-order valence-corrected chi connectivity index (χ3v) is 3.74. The van der Waals surface area contributed by atoms with E-state index in [0.717, 1.165) is 21.2 Å². The molecule has 0 unspecified atom stereocenters. The van der Waals surface area contributed by atoms with Crippen molar-refractivity contribution in [2.75, 3.05) is 5.73 Å². The molecule has 0 aliphatic rings. The zero-order chi connectivity index (χ0) is 13.6. The van der Waals surface area contributed by atoms with E-state index < -0.39 is 0 Å². The van der Waals surface area contributed by atoms with Gasteiger partial charge in [-0.1, -0.05) is 17.7 Å². The highest BCUT2D eigenvalue weighted by Gasteiger charge is 2.12. The number of hydrogen-bond acceptors (Lipinski definition) is 3. The number of benzene rings is 1. The average Bonchev–Trinajstić information content (AvgIpc) is 2.68. The maximum absolute atomic E-state index is 6.16. The normalized spacial score (nSPS) is 11.1. The highest BCUT2D eigenvalue weighted by molar-refractivity contribution is 9.10. The Morgan fingerprint density at radius 3 is 2.84 bits per heavy atom. The molecule has 0 amide bonds. The predicted molar refractivity (Wildman–Crippen MR) is 80.7 cm³/mol. The number of aryl methyl sites for hydroxylation is 1. The summed E-state index contributed by atoms with van der Waals surface area (Å²) < 4.78 is 2.65. The third-order valence-electron chi connectivity index (χ3n) is 2.90. The molecule has 6 heteroatoms. The molecule has 1 aromatic carbocycles. The van der Waals surface area contributed by atoms with Gasteiger partial charge in [-0.05, 0) is 46.6 Å². The quantitative estimate of drug-likeness (QED) is 0.736. The lowest BCUT2D eigenvalue weighted by molar-refractivity contribution is 1.08. The number of anilines is 1. The monoisotopic (exact) mass is 336 g/mol. The summed E-state index contributed by atoms with van der Waals surface area (Å²) >= 11 is 9.53. The Balaban J connectivity index is 2.29. The molecule has 0 spiro atoms. The summed E-state index contributed by atoms with van der Waals surface area (Å²) in [5, 5.41) is 0.691. The minimum absolute atomic E-state index is 0.389. The fourth-order valence-corrected chi connectivity index (χ4v) is 2.43. The molecule has 96 valence electrons. The minimum Gasteiger partial charge on any atom is -0.369 e. The van der Waals surface area contributed by atoms with Crippen molar-refractivity contribution < 1.29 is 0 Å². The summed E-state index contributed by atoms with van der Waals surface area (Å²) in [5.41, 5.74) is 9.30. The Morgan fingerprint density at radius 1 is 1.32 bits per heavy atom. The first-order valence-electron chi connectivity index (χ1n) is 5.62. The number of aromatic nitrogens is 3. The molecule has 2 N–H and O–H groups in total. The van der Waals surface area contributed by atoms with Crippen LogP contribution in [0.5, 0.6) is 0 Å². The lowest BCUT2D eigenvalue weighted by Gasteiger charge is -2.07. The molecule has 3 rings (SSSR count). The molecule has 4 nitrogen and oxygen atoms in total. The van der Waals surface area contributed by atoms with Crippen LogP contribution in [0.1, 0.15) is 5.56 Å². The molecular formula is C13H10BrClN4. The number of imidazole rings is 1. The molecular weight excluding hydrogens is 328 g/mol. The van der Waals surface area contributed by atoms with Gasteiger partial charge in [-0.3, -0.25) is 4.57 Å². The van der Waals surface area contributed by atoms with Crippen LogP contribution in [0, 0.1) is 6.92 Å². The number of nitrogens with zero attached hydrogens (tertiary/aromatic N) is 3. The van der Waals surface area contributed by atoms with E-state index in [0.29, 0.717) is 16.6 Å². The molecule has 0 bridgehead atoms. The van der Waals surface area contributed by atoms with Gasteiger partial charge in [0.25, 0.3) is 0 Å². The highest BCUT2D eigenvalue weighted by atomic mass is 79.9. The van der Waals surface area contributed by atoms with Gasteiger partial charge < -0.3 is 5.73 Å². The summed E-state index contributed by atoms with van der Waals surface area (Å²) in [6.07, 6.45) is 1.72. The molecule has 0 atom stereocenters. The van der Waals surface area contributed by atoms with Gasteiger partial charge in [0.15, 0.2) is 5.65 Å². The van der Waals surface area contributed by atoms with Crippen molar-refractivity contribution in [1.29, 1.82) is 0 Å². The van der Waals surface area contributed by atoms with Gasteiger partial charge in [0.05, 0.1) is 5.69 Å². The van der Waals surface area contributed by atoms with Gasteiger partial charge in [0.2, 0.25) is 5.95 Å². The molecule has 0 saturated heterocycles. The van der Waals surface area contributed by atoms with Crippen molar-refractivity contribution in [3.05, 3.63) is 45.5 Å². The average molecular weight is 338 g/mol. The predicted octanol–water partition coefficient (Wildman–Crippen LogP) is 3.73. The lowest BCUT2D eigenvalue weighted by Crippen LogP contribution is -2.01. The van der Waals surface area contributed by atoms with Crippen molar-refractivity contribution in [2.45, 2.75) is 6.92 Å². The second-order valence-electron chi connectivity index (χ2n) is 4.24. The van der Waals surface area contributed by atoms with Crippen LogP contribution >= 0.6 is 27.5 Å². The Morgan fingerprint density at radius 2 is 2.11 bits per heavy atom. The number of pyridine rings is 1. The van der Waals surface area contributed by atoms with Crippen LogP contribution in [0.25, 0.3) is 16.9 Å². The van der Waals surface area contributed by atoms with Gasteiger partial charge in [0.1, 0.15) is 5.52 Å². The summed E-state index contributed by atoms with van der Waals surface area (Å²) in [7, 11) is 0. The molecule has 19 heavy (non-hydrogen) atoms. The van der Waals surface area contributed by atoms with E-state index >= 15 is 0 Å². The van der Waals surface area contributed by atoms with Gasteiger partial charge in [-0.25, -0.2) is 9.97 Å². The van der Waals surface area contributed by atoms with Crippen LogP contribution in [0.15, 0.2) is 34.9 Å². The smallest absolute Gasteiger partial charge is 0.207 e. The van der Waals surface area contributed by atoms with Crippen LogP contribution in [-0.2, 0) is 0 Å². The van der Waals surface area contributed by atoms with Crippen molar-refractivity contribution in [1.82, 2.24) is 14.5 Å². The van der Waals surface area contributed by atoms with E-state index in [9.17, 15) is 0 Å². The SMILES string of the molecule is Cc1ccc(-n2c(N)nc3cc(Br)cnc32)cc1Cl. The molecule has 2 aromatic heterocycles. The molecule has 0 radical (unpaired) electrons. The standard InChI is InChI=1S/C13H10BrClN4/c1-7-2-3-9(5-10(7)15)19-12-11(18-13(19)16)4-8(14)6-17-12/h2-6H,1H3,(H2,16,18). The van der Waals surface area contributed by atoms with E-state index in [-0.39, 0.29) is 0 Å². The number of nitrogen functional groups attached to an aromatic ring is 1. The van der Waals surface area contributed by atoms with E-state index in [4.69, 9.17) is 17.3 Å². The second kappa shape index (κ2) is 4.51. The van der Waals surface area contributed by atoms with Crippen LogP contribution in [0.3, 0.4) is 0 Å². The summed E-state index contributed by atoms with van der Waals surface area (Å²) in [4.78, 5) is 8.67. The second-order valence-corrected chi connectivity index (χ2v) is 5.56. The molecule has 0 saturated carbocycles. The lowest BCUT2D eigenvalue weighted by atomic mass is 10.2. The van der Waals surface area contributed by atoms with Crippen LogP contribution in [-0.4, -0.2) is 14.5 Å². The van der Waals surface area contributed by atoms with Gasteiger partial charge in [-0.15, -0.1) is 0 Å². The Hall–Kier alpha value is -1.59. The zero-order valence-corrected chi connectivity index (χ0v) is 12.4.